The van der Waals surface area contributed by atoms with Gasteiger partial charge in [-0.3, -0.25) is 9.59 Å². The van der Waals surface area contributed by atoms with Crippen molar-refractivity contribution < 1.29 is 19.1 Å². The first kappa shape index (κ1) is 9.82. The van der Waals surface area contributed by atoms with E-state index < -0.39 is 0 Å². The summed E-state index contributed by atoms with van der Waals surface area (Å²) in [5, 5.41) is 0. The number of fused-ring (bicyclic) bond motifs is 1. The van der Waals surface area contributed by atoms with Crippen LogP contribution in [0.2, 0.25) is 0 Å². The van der Waals surface area contributed by atoms with Gasteiger partial charge in [-0.2, -0.15) is 0 Å². The minimum absolute atomic E-state index is 0.0545. The molecule has 0 spiro atoms. The molecule has 18 heavy (non-hydrogen) atoms. The molecule has 4 heteroatoms. The highest BCUT2D eigenvalue weighted by molar-refractivity contribution is 5.95. The second-order valence-electron chi connectivity index (χ2n) is 6.76. The average molecular weight is 248 g/mol. The van der Waals surface area contributed by atoms with Crippen molar-refractivity contribution in [2.45, 2.75) is 12.8 Å². The summed E-state index contributed by atoms with van der Waals surface area (Å²) in [6, 6.07) is 0. The summed E-state index contributed by atoms with van der Waals surface area (Å²) in [5.41, 5.74) is -0.555. The largest absolute Gasteiger partial charge is 0.469 e. The maximum Gasteiger partial charge on any atom is 0.312 e. The van der Waals surface area contributed by atoms with Gasteiger partial charge in [0.25, 0.3) is 0 Å². The zero-order valence-corrected chi connectivity index (χ0v) is 10.5. The van der Waals surface area contributed by atoms with Crippen LogP contribution in [0, 0.1) is 46.3 Å². The molecule has 0 aromatic rings. The number of esters is 2. The van der Waals surface area contributed by atoms with Crippen LogP contribution in [0.1, 0.15) is 12.8 Å². The molecule has 0 radical (unpaired) electrons. The molecule has 6 saturated carbocycles. The van der Waals surface area contributed by atoms with Gasteiger partial charge in [-0.15, -0.1) is 0 Å². The first-order valence-electron chi connectivity index (χ1n) is 6.85. The lowest BCUT2D eigenvalue weighted by Gasteiger charge is -2.99. The van der Waals surface area contributed by atoms with E-state index in [0.717, 1.165) is 6.42 Å². The third-order valence-electron chi connectivity index (χ3n) is 7.27. The monoisotopic (exact) mass is 248 g/mol. The minimum Gasteiger partial charge on any atom is -0.469 e. The fourth-order valence-electron chi connectivity index (χ4n) is 7.42. The molecule has 0 aromatic heterocycles. The SMILES string of the molecule is COC(=O)[C@@]12[C@H]3[C@@H]4CC[C@@H]5[C@H]3[C@H]1[C@]5(C(=O)OC)[C@H]42. The van der Waals surface area contributed by atoms with Crippen LogP contribution < -0.4 is 0 Å². The molecule has 0 amide bonds. The fraction of sp³-hybridized carbons (Fsp3) is 0.857. The van der Waals surface area contributed by atoms with E-state index >= 15 is 0 Å². The molecule has 6 aliphatic carbocycles. The Hall–Kier alpha value is -1.06. The summed E-state index contributed by atoms with van der Waals surface area (Å²) in [5.74, 6) is 2.61. The third kappa shape index (κ3) is 0.503. The van der Waals surface area contributed by atoms with Crippen molar-refractivity contribution in [2.75, 3.05) is 14.2 Å². The highest BCUT2D eigenvalue weighted by atomic mass is 16.5. The summed E-state index contributed by atoms with van der Waals surface area (Å²) >= 11 is 0. The lowest BCUT2D eigenvalue weighted by atomic mass is 9.01. The van der Waals surface area contributed by atoms with E-state index in [0.29, 0.717) is 23.7 Å². The maximum absolute atomic E-state index is 12.2. The highest BCUT2D eigenvalue weighted by Gasteiger charge is 3.05. The second-order valence-corrected chi connectivity index (χ2v) is 6.76. The molecule has 6 fully saturated rings. The highest BCUT2D eigenvalue weighted by Crippen LogP contribution is 3.02. The van der Waals surface area contributed by atoms with Gasteiger partial charge in [-0.05, 0) is 48.3 Å². The molecule has 0 saturated heterocycles. The molecular formula is C14H16O4. The molecule has 0 unspecified atom stereocenters. The number of carbonyl (C=O) groups is 2. The molecule has 2 bridgehead atoms. The standard InChI is InChI=1S/C14H16O4/c1-17-11(15)13-6-4-3-5-8-7(6)10(13)14(8,9(5)13)12(16)18-2/h5-10H,3-4H2,1-2H3/t5-,6+,7+,8-,9-,10-,13+,14+/m0/s1. The zero-order chi connectivity index (χ0) is 12.4. The average Bonchev–Trinajstić information content (AvgIpc) is 2.36. The van der Waals surface area contributed by atoms with Crippen molar-refractivity contribution in [2.24, 2.45) is 46.3 Å². The van der Waals surface area contributed by atoms with Crippen LogP contribution in [0.3, 0.4) is 0 Å². The minimum atomic E-state index is -0.286. The van der Waals surface area contributed by atoms with Crippen LogP contribution in [-0.2, 0) is 19.1 Å². The van der Waals surface area contributed by atoms with E-state index in [1.54, 1.807) is 0 Å². The number of rotatable bonds is 2. The van der Waals surface area contributed by atoms with Gasteiger partial charge in [0.2, 0.25) is 0 Å². The van der Waals surface area contributed by atoms with E-state index in [1.165, 1.54) is 20.6 Å². The molecule has 6 rings (SSSR count). The topological polar surface area (TPSA) is 52.6 Å². The van der Waals surface area contributed by atoms with Gasteiger partial charge in [-0.25, -0.2) is 0 Å². The Morgan fingerprint density at radius 3 is 2.28 bits per heavy atom. The van der Waals surface area contributed by atoms with Crippen LogP contribution in [0.4, 0.5) is 0 Å². The Morgan fingerprint density at radius 2 is 1.67 bits per heavy atom. The molecule has 0 heterocycles. The number of methoxy groups -OCH3 is 2. The third-order valence-corrected chi connectivity index (χ3v) is 7.27. The van der Waals surface area contributed by atoms with Crippen LogP contribution in [0.15, 0.2) is 0 Å². The van der Waals surface area contributed by atoms with E-state index in [9.17, 15) is 9.59 Å². The van der Waals surface area contributed by atoms with Crippen molar-refractivity contribution >= 4 is 11.9 Å². The number of hydrogen-bond acceptors (Lipinski definition) is 4. The molecular weight excluding hydrogens is 232 g/mol. The van der Waals surface area contributed by atoms with Gasteiger partial charge < -0.3 is 9.47 Å². The van der Waals surface area contributed by atoms with Gasteiger partial charge in [0, 0.05) is 0 Å². The summed E-state index contributed by atoms with van der Waals surface area (Å²) in [4.78, 5) is 24.4. The van der Waals surface area contributed by atoms with Crippen molar-refractivity contribution in [1.29, 1.82) is 0 Å². The van der Waals surface area contributed by atoms with Crippen LogP contribution in [0.25, 0.3) is 0 Å². The number of carbonyl (C=O) groups excluding carboxylic acids is 2. The fourth-order valence-corrected chi connectivity index (χ4v) is 7.42. The van der Waals surface area contributed by atoms with Gasteiger partial charge in [-0.1, -0.05) is 0 Å². The van der Waals surface area contributed by atoms with Crippen LogP contribution in [0.5, 0.6) is 0 Å². The quantitative estimate of drug-likeness (QED) is 0.680. The van der Waals surface area contributed by atoms with Crippen LogP contribution >= 0.6 is 0 Å². The molecule has 4 nitrogen and oxygen atoms in total. The molecule has 6 aliphatic rings. The molecule has 8 atom stereocenters. The maximum atomic E-state index is 12.2. The number of ether oxygens (including phenoxy) is 2. The predicted molar refractivity (Wildman–Crippen MR) is 59.1 cm³/mol. The Morgan fingerprint density at radius 1 is 1.00 bits per heavy atom. The first-order valence-corrected chi connectivity index (χ1v) is 6.85. The zero-order valence-electron chi connectivity index (χ0n) is 10.5. The summed E-state index contributed by atoms with van der Waals surface area (Å²) in [6.07, 6.45) is 2.35. The van der Waals surface area contributed by atoms with Gasteiger partial charge in [0.15, 0.2) is 0 Å². The van der Waals surface area contributed by atoms with E-state index in [1.807, 2.05) is 0 Å². The Labute approximate surface area is 105 Å². The molecule has 0 aliphatic heterocycles. The summed E-state index contributed by atoms with van der Waals surface area (Å²) in [7, 11) is 2.95. The Kier molecular flexibility index (Phi) is 1.28. The lowest BCUT2D eigenvalue weighted by molar-refractivity contribution is -0.532. The molecule has 0 aromatic carbocycles. The second kappa shape index (κ2) is 2.35. The van der Waals surface area contributed by atoms with Crippen LogP contribution in [-0.4, -0.2) is 26.2 Å². The van der Waals surface area contributed by atoms with Crippen molar-refractivity contribution in [3.8, 4) is 0 Å². The normalized spacial score (nSPS) is 63.4. The van der Waals surface area contributed by atoms with Crippen molar-refractivity contribution in [3.05, 3.63) is 0 Å². The summed E-state index contributed by atoms with van der Waals surface area (Å²) < 4.78 is 10.1. The Bertz CT molecular complexity index is 510. The first-order chi connectivity index (χ1) is 8.68. The van der Waals surface area contributed by atoms with E-state index in [2.05, 4.69) is 0 Å². The van der Waals surface area contributed by atoms with Crippen molar-refractivity contribution in [3.63, 3.8) is 0 Å². The lowest BCUT2D eigenvalue weighted by Crippen LogP contribution is -3.02. The number of hydrogen-bond donors (Lipinski definition) is 0. The van der Waals surface area contributed by atoms with Gasteiger partial charge >= 0.3 is 11.9 Å². The summed E-state index contributed by atoms with van der Waals surface area (Å²) in [6.45, 7) is 0. The van der Waals surface area contributed by atoms with Gasteiger partial charge in [0.1, 0.15) is 0 Å². The molecule has 96 valence electrons. The Balaban J connectivity index is 1.64. The van der Waals surface area contributed by atoms with Gasteiger partial charge in [0.05, 0.1) is 25.0 Å². The molecule has 0 N–H and O–H groups in total. The van der Waals surface area contributed by atoms with E-state index in [4.69, 9.17) is 9.47 Å². The van der Waals surface area contributed by atoms with Crippen molar-refractivity contribution in [1.82, 2.24) is 0 Å². The van der Waals surface area contributed by atoms with E-state index in [-0.39, 0.29) is 34.6 Å². The predicted octanol–water partition coefficient (Wildman–Crippen LogP) is 0.851. The smallest absolute Gasteiger partial charge is 0.312 e.